The Labute approximate surface area is 498 Å². The van der Waals surface area contributed by atoms with E-state index in [0.717, 1.165) is 70.6 Å². The molecule has 1 heterocycles. The lowest BCUT2D eigenvalue weighted by Gasteiger charge is -2.41. The highest BCUT2D eigenvalue weighted by atomic mass is 16.7. The van der Waals surface area contributed by atoms with Crippen molar-refractivity contribution in [1.29, 1.82) is 0 Å². The molecule has 6 N–H and O–H groups in total. The second-order valence-corrected chi connectivity index (χ2v) is 24.3. The molecule has 0 radical (unpaired) electrons. The van der Waals surface area contributed by atoms with Crippen LogP contribution in [0, 0.1) is 0 Å². The number of amides is 1. The first kappa shape index (κ1) is 76.9. The summed E-state index contributed by atoms with van der Waals surface area (Å²) < 4.78 is 17.6. The maximum atomic E-state index is 13.5. The molecule has 11 heteroatoms. The summed E-state index contributed by atoms with van der Waals surface area (Å²) in [6.45, 7) is 5.80. The molecule has 8 unspecified atom stereocenters. The van der Waals surface area contributed by atoms with Crippen LogP contribution in [0.4, 0.5) is 0 Å². The van der Waals surface area contributed by atoms with Crippen LogP contribution in [0.1, 0.15) is 335 Å². The van der Waals surface area contributed by atoms with Crippen molar-refractivity contribution in [3.05, 3.63) is 36.5 Å². The van der Waals surface area contributed by atoms with Gasteiger partial charge in [-0.2, -0.15) is 0 Å². The number of aliphatic hydroxyl groups excluding tert-OH is 5. The molecular weight excluding hydrogens is 1010 g/mol. The third-order valence-corrected chi connectivity index (χ3v) is 16.5. The van der Waals surface area contributed by atoms with Crippen LogP contribution in [0.15, 0.2) is 36.5 Å². The number of hydrogen-bond acceptors (Lipinski definition) is 10. The van der Waals surface area contributed by atoms with Crippen LogP contribution in [-0.2, 0) is 23.8 Å². The van der Waals surface area contributed by atoms with E-state index in [9.17, 15) is 35.1 Å². The first-order valence-electron chi connectivity index (χ1n) is 34.8. The van der Waals surface area contributed by atoms with Crippen LogP contribution in [0.2, 0.25) is 0 Å². The second kappa shape index (κ2) is 58.3. The molecule has 0 aromatic rings. The normalized spacial score (nSPS) is 18.8. The third kappa shape index (κ3) is 45.9. The number of esters is 1. The maximum Gasteiger partial charge on any atom is 0.306 e. The summed E-state index contributed by atoms with van der Waals surface area (Å²) in [5.74, 6) is -1.19. The van der Waals surface area contributed by atoms with Gasteiger partial charge >= 0.3 is 5.97 Å². The highest BCUT2D eigenvalue weighted by Crippen LogP contribution is 2.26. The highest BCUT2D eigenvalue weighted by Gasteiger charge is 2.47. The SMILES string of the molecule is CCCCCC/C=C\CCCCCCCCCC(=O)OC1C(OCC(NC(=O)C(O)CCCCCCCCCCCCCCCCCC/C=C/CCCCCCCC)C(O)/C=C/CCCCCCCCCCC)OC(CO)C(O)C1O. The van der Waals surface area contributed by atoms with E-state index in [1.165, 1.54) is 218 Å². The standard InChI is InChI=1S/C70H131NO10/c1-4-7-10-13-16-19-22-24-26-27-28-29-30-31-32-33-34-35-36-38-39-42-45-48-51-54-57-63(74)69(78)71-61(62(73)56-53-50-47-44-41-21-18-15-12-9-6-3)60-79-70-68(67(77)66(76)64(59-72)80-70)81-65(75)58-55-52-49-46-43-40-37-25-23-20-17-14-11-8-5-2/h20,23-24,26,53,56,61-64,66-68,70,72-74,76-77H,4-19,21-22,25,27-52,54-55,57-60H2,1-3H3,(H,71,78)/b23-20-,26-24+,56-53+. The number of rotatable bonds is 60. The molecule has 1 amide bonds. The Morgan fingerprint density at radius 1 is 0.469 bits per heavy atom. The van der Waals surface area contributed by atoms with Gasteiger partial charge in [0.2, 0.25) is 5.91 Å². The van der Waals surface area contributed by atoms with Gasteiger partial charge in [0.1, 0.15) is 24.4 Å². The fourth-order valence-corrected chi connectivity index (χ4v) is 11.0. The van der Waals surface area contributed by atoms with Crippen LogP contribution in [0.5, 0.6) is 0 Å². The molecule has 0 aromatic heterocycles. The molecule has 1 aliphatic heterocycles. The summed E-state index contributed by atoms with van der Waals surface area (Å²) in [6.07, 6.45) is 60.6. The number of carbonyl (C=O) groups excluding carboxylic acids is 2. The van der Waals surface area contributed by atoms with Gasteiger partial charge in [-0.15, -0.1) is 0 Å². The van der Waals surface area contributed by atoms with Crippen molar-refractivity contribution >= 4 is 11.9 Å². The fourth-order valence-electron chi connectivity index (χ4n) is 11.0. The quantitative estimate of drug-likeness (QED) is 0.0195. The molecule has 1 rings (SSSR count). The highest BCUT2D eigenvalue weighted by molar-refractivity contribution is 5.80. The summed E-state index contributed by atoms with van der Waals surface area (Å²) in [6, 6.07) is -1.02. The van der Waals surface area contributed by atoms with Gasteiger partial charge in [-0.1, -0.05) is 288 Å². The van der Waals surface area contributed by atoms with E-state index < -0.39 is 67.4 Å². The Kier molecular flexibility index (Phi) is 55.3. The lowest BCUT2D eigenvalue weighted by molar-refractivity contribution is -0.305. The number of ether oxygens (including phenoxy) is 3. The number of hydrogen-bond donors (Lipinski definition) is 6. The molecule has 0 bridgehead atoms. The number of carbonyl (C=O) groups is 2. The van der Waals surface area contributed by atoms with Gasteiger partial charge < -0.3 is 45.1 Å². The Morgan fingerprint density at radius 2 is 0.815 bits per heavy atom. The van der Waals surface area contributed by atoms with Gasteiger partial charge in [0.15, 0.2) is 12.4 Å². The monoisotopic (exact) mass is 1150 g/mol. The predicted octanol–water partition coefficient (Wildman–Crippen LogP) is 17.4. The summed E-state index contributed by atoms with van der Waals surface area (Å²) in [4.78, 5) is 26.6. The van der Waals surface area contributed by atoms with Crippen molar-refractivity contribution in [2.75, 3.05) is 13.2 Å². The number of allylic oxidation sites excluding steroid dienone is 5. The van der Waals surface area contributed by atoms with Crippen molar-refractivity contribution in [3.63, 3.8) is 0 Å². The van der Waals surface area contributed by atoms with Crippen LogP contribution < -0.4 is 5.32 Å². The average Bonchev–Trinajstić information content (AvgIpc) is 3.50. The van der Waals surface area contributed by atoms with Gasteiger partial charge in [-0.3, -0.25) is 9.59 Å². The molecule has 0 aliphatic carbocycles. The number of aliphatic hydroxyl groups is 5. The van der Waals surface area contributed by atoms with Crippen LogP contribution in [-0.4, -0.2) is 99.6 Å². The topological polar surface area (TPSA) is 175 Å². The smallest absolute Gasteiger partial charge is 0.306 e. The van der Waals surface area contributed by atoms with Gasteiger partial charge in [0.25, 0.3) is 0 Å². The van der Waals surface area contributed by atoms with E-state index in [-0.39, 0.29) is 13.0 Å². The first-order chi connectivity index (χ1) is 39.7. The van der Waals surface area contributed by atoms with Crippen molar-refractivity contribution in [2.45, 2.75) is 384 Å². The summed E-state index contributed by atoms with van der Waals surface area (Å²) in [7, 11) is 0. The van der Waals surface area contributed by atoms with Crippen molar-refractivity contribution in [3.8, 4) is 0 Å². The Bertz CT molecular complexity index is 1460. The van der Waals surface area contributed by atoms with Gasteiger partial charge in [0.05, 0.1) is 25.4 Å². The van der Waals surface area contributed by atoms with E-state index >= 15 is 0 Å². The molecule has 1 fully saturated rings. The van der Waals surface area contributed by atoms with Gasteiger partial charge in [0, 0.05) is 6.42 Å². The molecule has 81 heavy (non-hydrogen) atoms. The predicted molar refractivity (Wildman–Crippen MR) is 338 cm³/mol. The number of nitrogens with one attached hydrogen (secondary N) is 1. The number of unbranched alkanes of at least 4 members (excludes halogenated alkanes) is 42. The minimum absolute atomic E-state index is 0.121. The van der Waals surface area contributed by atoms with E-state index in [1.54, 1.807) is 6.08 Å². The molecule has 11 nitrogen and oxygen atoms in total. The first-order valence-corrected chi connectivity index (χ1v) is 34.8. The molecular formula is C70H131NO10. The largest absolute Gasteiger partial charge is 0.454 e. The lowest BCUT2D eigenvalue weighted by atomic mass is 9.99. The van der Waals surface area contributed by atoms with Gasteiger partial charge in [-0.05, 0) is 77.0 Å². The molecule has 8 atom stereocenters. The fraction of sp³-hybridized carbons (Fsp3) is 0.886. The Hall–Kier alpha value is -2.12. The molecule has 1 saturated heterocycles. The van der Waals surface area contributed by atoms with Crippen molar-refractivity contribution in [2.24, 2.45) is 0 Å². The van der Waals surface area contributed by atoms with Crippen LogP contribution in [0.25, 0.3) is 0 Å². The summed E-state index contributed by atoms with van der Waals surface area (Å²) in [5.41, 5.74) is 0. The zero-order valence-corrected chi connectivity index (χ0v) is 52.9. The minimum Gasteiger partial charge on any atom is -0.454 e. The third-order valence-electron chi connectivity index (χ3n) is 16.5. The maximum absolute atomic E-state index is 13.5. The van der Waals surface area contributed by atoms with E-state index in [0.29, 0.717) is 19.3 Å². The van der Waals surface area contributed by atoms with Crippen LogP contribution in [0.3, 0.4) is 0 Å². The zero-order valence-electron chi connectivity index (χ0n) is 52.9. The van der Waals surface area contributed by atoms with Crippen molar-refractivity contribution in [1.82, 2.24) is 5.32 Å². The summed E-state index contributed by atoms with van der Waals surface area (Å²) in [5, 5.41) is 57.1. The summed E-state index contributed by atoms with van der Waals surface area (Å²) >= 11 is 0. The van der Waals surface area contributed by atoms with E-state index in [4.69, 9.17) is 14.2 Å². The second-order valence-electron chi connectivity index (χ2n) is 24.3. The van der Waals surface area contributed by atoms with E-state index in [2.05, 4.69) is 50.4 Å². The minimum atomic E-state index is -1.61. The van der Waals surface area contributed by atoms with Crippen LogP contribution >= 0.6 is 0 Å². The molecule has 0 aromatic carbocycles. The Morgan fingerprint density at radius 3 is 1.21 bits per heavy atom. The van der Waals surface area contributed by atoms with E-state index in [1.807, 2.05) is 6.08 Å². The molecule has 0 spiro atoms. The Balaban J connectivity index is 2.53. The average molecular weight is 1150 g/mol. The van der Waals surface area contributed by atoms with Crippen molar-refractivity contribution < 1.29 is 49.3 Å². The molecule has 1 aliphatic rings. The zero-order chi connectivity index (χ0) is 58.9. The molecule has 0 saturated carbocycles. The lowest BCUT2D eigenvalue weighted by Crippen LogP contribution is -2.61. The van der Waals surface area contributed by atoms with Gasteiger partial charge in [-0.25, -0.2) is 0 Å². The molecule has 476 valence electrons.